The van der Waals surface area contributed by atoms with E-state index in [4.69, 9.17) is 4.52 Å². The van der Waals surface area contributed by atoms with E-state index in [2.05, 4.69) is 20.4 Å². The van der Waals surface area contributed by atoms with Crippen molar-refractivity contribution in [3.63, 3.8) is 0 Å². The third kappa shape index (κ3) is 3.52. The van der Waals surface area contributed by atoms with Gasteiger partial charge in [-0.15, -0.1) is 0 Å². The maximum Gasteiger partial charge on any atom is 0.256 e. The van der Waals surface area contributed by atoms with Gasteiger partial charge in [-0.2, -0.15) is 0 Å². The quantitative estimate of drug-likeness (QED) is 0.919. The van der Waals surface area contributed by atoms with Crippen molar-refractivity contribution in [3.05, 3.63) is 35.2 Å². The molecule has 2 aromatic rings. The first-order chi connectivity index (χ1) is 11.5. The number of nitrogens with zero attached hydrogens (tertiary/aromatic N) is 4. The lowest BCUT2D eigenvalue weighted by atomic mass is 9.97. The van der Waals surface area contributed by atoms with Gasteiger partial charge in [0.25, 0.3) is 5.91 Å². The SMILES string of the molecule is Cc1noc(C)c1C(=O)NCC1CCN(c2ncc(F)cn2)CC1. The normalized spacial score (nSPS) is 15.5. The second kappa shape index (κ2) is 6.94. The standard InChI is InChI=1S/C16H20FN5O2/c1-10-14(11(2)24-21-10)15(23)18-7-12-3-5-22(6-4-12)16-19-8-13(17)9-20-16/h8-9,12H,3-7H2,1-2H3,(H,18,23). The summed E-state index contributed by atoms with van der Waals surface area (Å²) in [5, 5.41) is 6.76. The molecular formula is C16H20FN5O2. The number of carbonyl (C=O) groups is 1. The molecule has 3 heterocycles. The fourth-order valence-corrected chi connectivity index (χ4v) is 2.94. The Morgan fingerprint density at radius 1 is 1.33 bits per heavy atom. The minimum atomic E-state index is -0.435. The van der Waals surface area contributed by atoms with Crippen LogP contribution in [0.5, 0.6) is 0 Å². The summed E-state index contributed by atoms with van der Waals surface area (Å²) in [5.41, 5.74) is 1.13. The molecule has 24 heavy (non-hydrogen) atoms. The van der Waals surface area contributed by atoms with Crippen LogP contribution in [0.2, 0.25) is 0 Å². The molecule has 1 amide bonds. The summed E-state index contributed by atoms with van der Waals surface area (Å²) in [6.45, 7) is 5.68. The molecule has 128 valence electrons. The smallest absolute Gasteiger partial charge is 0.256 e. The largest absolute Gasteiger partial charge is 0.361 e. The fourth-order valence-electron chi connectivity index (χ4n) is 2.94. The van der Waals surface area contributed by atoms with Crippen LogP contribution in [0.3, 0.4) is 0 Å². The molecule has 7 nitrogen and oxygen atoms in total. The van der Waals surface area contributed by atoms with Gasteiger partial charge in [0.05, 0.1) is 18.1 Å². The van der Waals surface area contributed by atoms with Crippen LogP contribution in [0, 0.1) is 25.6 Å². The third-order valence-electron chi connectivity index (χ3n) is 4.32. The number of rotatable bonds is 4. The molecule has 1 saturated heterocycles. The molecule has 1 aliphatic heterocycles. The summed E-state index contributed by atoms with van der Waals surface area (Å²) in [6, 6.07) is 0. The average molecular weight is 333 g/mol. The van der Waals surface area contributed by atoms with Gasteiger partial charge in [-0.05, 0) is 32.6 Å². The molecule has 1 fully saturated rings. The average Bonchev–Trinajstić information content (AvgIpc) is 2.93. The van der Waals surface area contributed by atoms with E-state index in [1.807, 2.05) is 4.90 Å². The molecule has 0 radical (unpaired) electrons. The molecule has 0 atom stereocenters. The molecular weight excluding hydrogens is 313 g/mol. The van der Waals surface area contributed by atoms with Crippen molar-refractivity contribution in [3.8, 4) is 0 Å². The van der Waals surface area contributed by atoms with Crippen molar-refractivity contribution in [1.29, 1.82) is 0 Å². The minimum Gasteiger partial charge on any atom is -0.361 e. The van der Waals surface area contributed by atoms with E-state index in [-0.39, 0.29) is 5.91 Å². The maximum atomic E-state index is 12.9. The van der Waals surface area contributed by atoms with Crippen molar-refractivity contribution in [2.45, 2.75) is 26.7 Å². The topological polar surface area (TPSA) is 84.2 Å². The van der Waals surface area contributed by atoms with E-state index in [1.165, 1.54) is 12.4 Å². The van der Waals surface area contributed by atoms with Gasteiger partial charge in [-0.1, -0.05) is 5.16 Å². The fraction of sp³-hybridized carbons (Fsp3) is 0.500. The monoisotopic (exact) mass is 333 g/mol. The van der Waals surface area contributed by atoms with Gasteiger partial charge in [0.1, 0.15) is 11.3 Å². The van der Waals surface area contributed by atoms with E-state index in [0.29, 0.717) is 35.4 Å². The Balaban J connectivity index is 1.49. The number of carbonyl (C=O) groups excluding carboxylic acids is 1. The molecule has 1 N–H and O–H groups in total. The highest BCUT2D eigenvalue weighted by Gasteiger charge is 2.23. The Morgan fingerprint density at radius 3 is 2.58 bits per heavy atom. The van der Waals surface area contributed by atoms with Gasteiger partial charge in [0.2, 0.25) is 5.95 Å². The molecule has 0 spiro atoms. The zero-order valence-electron chi connectivity index (χ0n) is 13.8. The molecule has 1 aliphatic rings. The second-order valence-electron chi connectivity index (χ2n) is 6.04. The number of hydrogen-bond donors (Lipinski definition) is 1. The number of aromatic nitrogens is 3. The van der Waals surface area contributed by atoms with Gasteiger partial charge in [0, 0.05) is 19.6 Å². The number of hydrogen-bond acceptors (Lipinski definition) is 6. The lowest BCUT2D eigenvalue weighted by Gasteiger charge is -2.31. The van der Waals surface area contributed by atoms with Crippen molar-refractivity contribution >= 4 is 11.9 Å². The molecule has 0 unspecified atom stereocenters. The Kier molecular flexibility index (Phi) is 4.73. The molecule has 8 heteroatoms. The van der Waals surface area contributed by atoms with Gasteiger partial charge < -0.3 is 14.7 Å². The summed E-state index contributed by atoms with van der Waals surface area (Å²) < 4.78 is 17.9. The summed E-state index contributed by atoms with van der Waals surface area (Å²) in [4.78, 5) is 22.3. The van der Waals surface area contributed by atoms with Crippen LogP contribution >= 0.6 is 0 Å². The highest BCUT2D eigenvalue weighted by atomic mass is 19.1. The maximum absolute atomic E-state index is 12.9. The highest BCUT2D eigenvalue weighted by Crippen LogP contribution is 2.20. The van der Waals surface area contributed by atoms with E-state index < -0.39 is 5.82 Å². The van der Waals surface area contributed by atoms with Crippen LogP contribution in [0.1, 0.15) is 34.7 Å². The molecule has 3 rings (SSSR count). The Hall–Kier alpha value is -2.51. The van der Waals surface area contributed by atoms with Gasteiger partial charge in [0.15, 0.2) is 5.82 Å². The van der Waals surface area contributed by atoms with Crippen LogP contribution in [0.15, 0.2) is 16.9 Å². The van der Waals surface area contributed by atoms with E-state index >= 15 is 0 Å². The second-order valence-corrected chi connectivity index (χ2v) is 6.04. The minimum absolute atomic E-state index is 0.143. The number of amides is 1. The van der Waals surface area contributed by atoms with Crippen molar-refractivity contribution in [1.82, 2.24) is 20.4 Å². The lowest BCUT2D eigenvalue weighted by Crippen LogP contribution is -2.39. The summed E-state index contributed by atoms with van der Waals surface area (Å²) in [6.07, 6.45) is 4.20. The van der Waals surface area contributed by atoms with Crippen LogP contribution in [0.25, 0.3) is 0 Å². The van der Waals surface area contributed by atoms with Crippen molar-refractivity contribution in [2.24, 2.45) is 5.92 Å². The Morgan fingerprint density at radius 2 is 2.00 bits per heavy atom. The number of anilines is 1. The van der Waals surface area contributed by atoms with Crippen LogP contribution < -0.4 is 10.2 Å². The van der Waals surface area contributed by atoms with E-state index in [0.717, 1.165) is 25.9 Å². The van der Waals surface area contributed by atoms with Gasteiger partial charge >= 0.3 is 0 Å². The predicted octanol–water partition coefficient (Wildman–Crippen LogP) is 1.87. The first kappa shape index (κ1) is 16.4. The predicted molar refractivity (Wildman–Crippen MR) is 85.2 cm³/mol. The van der Waals surface area contributed by atoms with E-state index in [9.17, 15) is 9.18 Å². The van der Waals surface area contributed by atoms with Crippen molar-refractivity contribution in [2.75, 3.05) is 24.5 Å². The molecule has 0 aromatic carbocycles. The van der Waals surface area contributed by atoms with Gasteiger partial charge in [-0.25, -0.2) is 14.4 Å². The van der Waals surface area contributed by atoms with Gasteiger partial charge in [-0.3, -0.25) is 4.79 Å². The van der Waals surface area contributed by atoms with Crippen LogP contribution in [-0.4, -0.2) is 40.7 Å². The molecule has 0 aliphatic carbocycles. The number of nitrogens with one attached hydrogen (secondary N) is 1. The van der Waals surface area contributed by atoms with Crippen LogP contribution in [-0.2, 0) is 0 Å². The first-order valence-electron chi connectivity index (χ1n) is 7.98. The number of piperidine rings is 1. The summed E-state index contributed by atoms with van der Waals surface area (Å²) in [5.74, 6) is 0.903. The zero-order chi connectivity index (χ0) is 17.1. The molecule has 0 bridgehead atoms. The summed E-state index contributed by atoms with van der Waals surface area (Å²) in [7, 11) is 0. The summed E-state index contributed by atoms with van der Waals surface area (Å²) >= 11 is 0. The zero-order valence-corrected chi connectivity index (χ0v) is 13.8. The lowest BCUT2D eigenvalue weighted by molar-refractivity contribution is 0.0943. The van der Waals surface area contributed by atoms with E-state index in [1.54, 1.807) is 13.8 Å². The van der Waals surface area contributed by atoms with Crippen molar-refractivity contribution < 1.29 is 13.7 Å². The Bertz CT molecular complexity index is 688. The highest BCUT2D eigenvalue weighted by molar-refractivity contribution is 5.96. The molecule has 0 saturated carbocycles. The Labute approximate surface area is 139 Å². The molecule has 2 aromatic heterocycles. The third-order valence-corrected chi connectivity index (χ3v) is 4.32. The first-order valence-corrected chi connectivity index (χ1v) is 7.98. The number of aryl methyl sites for hydroxylation is 2. The number of halogens is 1. The van der Waals surface area contributed by atoms with Crippen LogP contribution in [0.4, 0.5) is 10.3 Å².